The van der Waals surface area contributed by atoms with Gasteiger partial charge in [0, 0.05) is 25.9 Å². The lowest BCUT2D eigenvalue weighted by Crippen LogP contribution is -2.50. The van der Waals surface area contributed by atoms with Crippen molar-refractivity contribution in [2.24, 2.45) is 5.41 Å². The summed E-state index contributed by atoms with van der Waals surface area (Å²) in [6, 6.07) is 0.740. The molecule has 0 aromatic carbocycles. The Balaban J connectivity index is 4.78. The van der Waals surface area contributed by atoms with Crippen LogP contribution in [0.1, 0.15) is 41.5 Å². The van der Waals surface area contributed by atoms with E-state index in [1.54, 1.807) is 0 Å². The van der Waals surface area contributed by atoms with Crippen LogP contribution in [0.25, 0.3) is 0 Å². The standard InChI is InChI=1S/C17H38O6Si/c1-7-18-10-13-21-24(16-17(4,5)6,22-14-11-19-8-2)23-15-12-20-9-3/h7-16H2,1-6H3. The average Bonchev–Trinajstić information content (AvgIpc) is 2.51. The fourth-order valence-electron chi connectivity index (χ4n) is 2.13. The molecule has 0 spiro atoms. The Bertz CT molecular complexity index is 251. The molecule has 0 aromatic heterocycles. The van der Waals surface area contributed by atoms with Gasteiger partial charge in [0.25, 0.3) is 0 Å². The molecule has 7 heteroatoms. The molecule has 0 bridgehead atoms. The average molecular weight is 367 g/mol. The molecule has 0 saturated heterocycles. The first-order valence-electron chi connectivity index (χ1n) is 9.04. The number of hydrogen-bond acceptors (Lipinski definition) is 6. The van der Waals surface area contributed by atoms with Crippen LogP contribution in [0.4, 0.5) is 0 Å². The fraction of sp³-hybridized carbons (Fsp3) is 1.00. The van der Waals surface area contributed by atoms with E-state index in [0.29, 0.717) is 59.5 Å². The molecule has 146 valence electrons. The molecule has 0 N–H and O–H groups in total. The largest absolute Gasteiger partial charge is 0.501 e. The maximum atomic E-state index is 6.13. The van der Waals surface area contributed by atoms with Crippen LogP contribution < -0.4 is 0 Å². The lowest BCUT2D eigenvalue weighted by molar-refractivity contribution is -0.000684. The quantitative estimate of drug-likeness (QED) is 0.309. The Morgan fingerprint density at radius 2 is 0.917 bits per heavy atom. The zero-order valence-electron chi connectivity index (χ0n) is 16.5. The third-order valence-corrected chi connectivity index (χ3v) is 6.43. The third kappa shape index (κ3) is 13.3. The highest BCUT2D eigenvalue weighted by atomic mass is 28.4. The van der Waals surface area contributed by atoms with E-state index in [-0.39, 0.29) is 5.41 Å². The van der Waals surface area contributed by atoms with E-state index in [0.717, 1.165) is 6.04 Å². The summed E-state index contributed by atoms with van der Waals surface area (Å²) in [4.78, 5) is 0. The van der Waals surface area contributed by atoms with Gasteiger partial charge in [-0.15, -0.1) is 0 Å². The summed E-state index contributed by atoms with van der Waals surface area (Å²) in [6.45, 7) is 17.5. The van der Waals surface area contributed by atoms with Crippen molar-refractivity contribution in [1.29, 1.82) is 0 Å². The zero-order valence-corrected chi connectivity index (χ0v) is 17.5. The second kappa shape index (κ2) is 14.2. The van der Waals surface area contributed by atoms with Crippen molar-refractivity contribution in [3.8, 4) is 0 Å². The van der Waals surface area contributed by atoms with Crippen LogP contribution in [0.15, 0.2) is 0 Å². The molecule has 0 amide bonds. The summed E-state index contributed by atoms with van der Waals surface area (Å²) < 4.78 is 34.5. The summed E-state index contributed by atoms with van der Waals surface area (Å²) in [5, 5.41) is 0. The predicted octanol–water partition coefficient (Wildman–Crippen LogP) is 3.13. The molecule has 0 atom stereocenters. The molecule has 0 aliphatic carbocycles. The van der Waals surface area contributed by atoms with E-state index in [9.17, 15) is 0 Å². The van der Waals surface area contributed by atoms with Gasteiger partial charge < -0.3 is 27.5 Å². The molecular formula is C17H38O6Si. The van der Waals surface area contributed by atoms with E-state index >= 15 is 0 Å². The van der Waals surface area contributed by atoms with Crippen molar-refractivity contribution in [3.05, 3.63) is 0 Å². The summed E-state index contributed by atoms with van der Waals surface area (Å²) >= 11 is 0. The highest BCUT2D eigenvalue weighted by molar-refractivity contribution is 6.60. The van der Waals surface area contributed by atoms with Crippen LogP contribution in [0.2, 0.25) is 6.04 Å². The summed E-state index contributed by atoms with van der Waals surface area (Å²) in [5.41, 5.74) is 0.0368. The van der Waals surface area contributed by atoms with Gasteiger partial charge in [-0.1, -0.05) is 20.8 Å². The van der Waals surface area contributed by atoms with Gasteiger partial charge in [-0.3, -0.25) is 0 Å². The second-order valence-electron chi connectivity index (χ2n) is 6.56. The van der Waals surface area contributed by atoms with Crippen molar-refractivity contribution in [2.75, 3.05) is 59.5 Å². The molecule has 6 nitrogen and oxygen atoms in total. The van der Waals surface area contributed by atoms with Crippen LogP contribution >= 0.6 is 0 Å². The van der Waals surface area contributed by atoms with Crippen molar-refractivity contribution in [2.45, 2.75) is 47.6 Å². The smallest absolute Gasteiger partial charge is 0.379 e. The normalized spacial score (nSPS) is 12.8. The topological polar surface area (TPSA) is 55.4 Å². The minimum Gasteiger partial charge on any atom is -0.379 e. The van der Waals surface area contributed by atoms with Crippen LogP contribution in [-0.2, 0) is 27.5 Å². The number of rotatable bonds is 16. The second-order valence-corrected chi connectivity index (χ2v) is 9.14. The molecule has 0 aliphatic heterocycles. The number of ether oxygens (including phenoxy) is 3. The van der Waals surface area contributed by atoms with Gasteiger partial charge >= 0.3 is 8.80 Å². The minimum atomic E-state index is -2.82. The van der Waals surface area contributed by atoms with Crippen molar-refractivity contribution in [1.82, 2.24) is 0 Å². The number of hydrogen-bond donors (Lipinski definition) is 0. The van der Waals surface area contributed by atoms with Gasteiger partial charge in [0.05, 0.1) is 39.6 Å². The Hall–Kier alpha value is -0.0231. The lowest BCUT2D eigenvalue weighted by Gasteiger charge is -2.34. The Labute approximate surface area is 149 Å². The molecule has 0 unspecified atom stereocenters. The van der Waals surface area contributed by atoms with E-state index in [1.165, 1.54) is 0 Å². The van der Waals surface area contributed by atoms with E-state index in [4.69, 9.17) is 27.5 Å². The van der Waals surface area contributed by atoms with Gasteiger partial charge in [0.1, 0.15) is 0 Å². The SMILES string of the molecule is CCOCCO[Si](CC(C)(C)C)(OCCOCC)OCCOCC. The van der Waals surface area contributed by atoms with E-state index < -0.39 is 8.80 Å². The fourth-order valence-corrected chi connectivity index (χ4v) is 5.17. The molecular weight excluding hydrogens is 328 g/mol. The summed E-state index contributed by atoms with van der Waals surface area (Å²) in [7, 11) is -2.82. The maximum absolute atomic E-state index is 6.13. The minimum absolute atomic E-state index is 0.0368. The van der Waals surface area contributed by atoms with Gasteiger partial charge in [-0.05, 0) is 26.2 Å². The molecule has 24 heavy (non-hydrogen) atoms. The Kier molecular flexibility index (Phi) is 14.2. The Morgan fingerprint density at radius 1 is 0.583 bits per heavy atom. The van der Waals surface area contributed by atoms with Crippen LogP contribution in [-0.4, -0.2) is 68.3 Å². The predicted molar refractivity (Wildman–Crippen MR) is 97.4 cm³/mol. The summed E-state index contributed by atoms with van der Waals surface area (Å²) in [5.74, 6) is 0. The highest BCUT2D eigenvalue weighted by Crippen LogP contribution is 2.30. The van der Waals surface area contributed by atoms with E-state index in [1.807, 2.05) is 20.8 Å². The molecule has 0 heterocycles. The first kappa shape index (κ1) is 24.0. The van der Waals surface area contributed by atoms with Crippen LogP contribution in [0.3, 0.4) is 0 Å². The molecule has 0 fully saturated rings. The first-order chi connectivity index (χ1) is 11.4. The van der Waals surface area contributed by atoms with Gasteiger partial charge in [-0.2, -0.15) is 0 Å². The highest BCUT2D eigenvalue weighted by Gasteiger charge is 2.45. The molecule has 0 rings (SSSR count). The third-order valence-electron chi connectivity index (χ3n) is 3.01. The maximum Gasteiger partial charge on any atom is 0.501 e. The van der Waals surface area contributed by atoms with Crippen LogP contribution in [0.5, 0.6) is 0 Å². The van der Waals surface area contributed by atoms with Gasteiger partial charge in [0.2, 0.25) is 0 Å². The van der Waals surface area contributed by atoms with Crippen LogP contribution in [0, 0.1) is 5.41 Å². The van der Waals surface area contributed by atoms with Crippen molar-refractivity contribution in [3.63, 3.8) is 0 Å². The molecule has 0 aromatic rings. The zero-order chi connectivity index (χ0) is 18.3. The molecule has 0 aliphatic rings. The summed E-state index contributed by atoms with van der Waals surface area (Å²) in [6.07, 6.45) is 0. The van der Waals surface area contributed by atoms with Crippen molar-refractivity contribution >= 4 is 8.80 Å². The Morgan fingerprint density at radius 3 is 1.17 bits per heavy atom. The first-order valence-corrected chi connectivity index (χ1v) is 11.0. The molecule has 0 saturated carbocycles. The molecule has 0 radical (unpaired) electrons. The van der Waals surface area contributed by atoms with Crippen molar-refractivity contribution < 1.29 is 27.5 Å². The van der Waals surface area contributed by atoms with Gasteiger partial charge in [0.15, 0.2) is 0 Å². The monoisotopic (exact) mass is 366 g/mol. The lowest BCUT2D eigenvalue weighted by atomic mass is 10.0. The van der Waals surface area contributed by atoms with Gasteiger partial charge in [-0.25, -0.2) is 0 Å². The van der Waals surface area contributed by atoms with E-state index in [2.05, 4.69) is 20.8 Å².